The van der Waals surface area contributed by atoms with Gasteiger partial charge in [-0.2, -0.15) is 0 Å². The third-order valence-electron chi connectivity index (χ3n) is 4.33. The molecule has 116 valence electrons. The minimum atomic E-state index is -3.47. The van der Waals surface area contributed by atoms with Crippen molar-refractivity contribution in [2.24, 2.45) is 0 Å². The first-order valence-corrected chi connectivity index (χ1v) is 10.2. The molecule has 1 aromatic carbocycles. The van der Waals surface area contributed by atoms with Gasteiger partial charge in [0.2, 0.25) is 10.0 Å². The fourth-order valence-electron chi connectivity index (χ4n) is 3.31. The average molecular weight is 438 g/mol. The lowest BCUT2D eigenvalue weighted by atomic mass is 9.99. The Morgan fingerprint density at radius 3 is 2.76 bits per heavy atom. The number of hydrogen-bond donors (Lipinski definition) is 1. The third-order valence-corrected chi connectivity index (χ3v) is 7.32. The first-order valence-electron chi connectivity index (χ1n) is 7.17. The van der Waals surface area contributed by atoms with Gasteiger partial charge in [0.25, 0.3) is 0 Å². The standard InChI is InChI=1S/C14H18Br2N2O2S/c15-10-3-4-14(13(16)8-10)21(19,20)17-11-5-7-18-6-1-2-12(18)9-11/h3-4,8,11-12,17H,1-2,5-7,9H2. The number of piperidine rings is 1. The summed E-state index contributed by atoms with van der Waals surface area (Å²) in [4.78, 5) is 2.79. The number of sulfonamides is 1. The smallest absolute Gasteiger partial charge is 0.241 e. The second-order valence-corrected chi connectivity index (χ2v) is 9.20. The molecule has 21 heavy (non-hydrogen) atoms. The van der Waals surface area contributed by atoms with Gasteiger partial charge < -0.3 is 4.90 Å². The van der Waals surface area contributed by atoms with Crippen molar-refractivity contribution in [1.82, 2.24) is 9.62 Å². The van der Waals surface area contributed by atoms with Crippen molar-refractivity contribution in [3.63, 3.8) is 0 Å². The molecule has 0 amide bonds. The van der Waals surface area contributed by atoms with Crippen molar-refractivity contribution in [2.45, 2.75) is 42.7 Å². The minimum absolute atomic E-state index is 0.0462. The van der Waals surface area contributed by atoms with Gasteiger partial charge in [0.05, 0.1) is 4.90 Å². The Labute approximate surface area is 142 Å². The zero-order chi connectivity index (χ0) is 15.0. The van der Waals surface area contributed by atoms with E-state index in [1.807, 2.05) is 0 Å². The Balaban J connectivity index is 1.74. The van der Waals surface area contributed by atoms with E-state index in [-0.39, 0.29) is 6.04 Å². The highest BCUT2D eigenvalue weighted by molar-refractivity contribution is 9.11. The molecule has 4 nitrogen and oxygen atoms in total. The molecule has 0 aromatic heterocycles. The van der Waals surface area contributed by atoms with Crippen LogP contribution in [0.4, 0.5) is 0 Å². The van der Waals surface area contributed by atoms with Gasteiger partial charge >= 0.3 is 0 Å². The Morgan fingerprint density at radius 2 is 2.00 bits per heavy atom. The van der Waals surface area contributed by atoms with Crippen LogP contribution in [0.25, 0.3) is 0 Å². The Morgan fingerprint density at radius 1 is 1.19 bits per heavy atom. The summed E-state index contributed by atoms with van der Waals surface area (Å²) in [5, 5.41) is 0. The molecule has 7 heteroatoms. The van der Waals surface area contributed by atoms with E-state index in [4.69, 9.17) is 0 Å². The number of hydrogen-bond acceptors (Lipinski definition) is 3. The molecule has 0 spiro atoms. The fourth-order valence-corrected chi connectivity index (χ4v) is 6.34. The van der Waals surface area contributed by atoms with Gasteiger partial charge in [-0.05, 0) is 72.9 Å². The fraction of sp³-hybridized carbons (Fsp3) is 0.571. The molecular weight excluding hydrogens is 420 g/mol. The molecule has 0 bridgehead atoms. The Kier molecular flexibility index (Phi) is 4.76. The van der Waals surface area contributed by atoms with E-state index in [1.165, 1.54) is 19.4 Å². The highest BCUT2D eigenvalue weighted by Crippen LogP contribution is 2.29. The zero-order valence-electron chi connectivity index (χ0n) is 11.6. The minimum Gasteiger partial charge on any atom is -0.300 e. The van der Waals surface area contributed by atoms with Crippen molar-refractivity contribution in [2.75, 3.05) is 13.1 Å². The molecule has 2 atom stereocenters. The van der Waals surface area contributed by atoms with Crippen LogP contribution in [0.5, 0.6) is 0 Å². The number of halogens is 2. The first kappa shape index (κ1) is 15.9. The van der Waals surface area contributed by atoms with Gasteiger partial charge in [0, 0.05) is 21.0 Å². The van der Waals surface area contributed by atoms with Crippen LogP contribution >= 0.6 is 31.9 Å². The van der Waals surface area contributed by atoms with Crippen LogP contribution in [0.3, 0.4) is 0 Å². The van der Waals surface area contributed by atoms with E-state index < -0.39 is 10.0 Å². The van der Waals surface area contributed by atoms with E-state index >= 15 is 0 Å². The lowest BCUT2D eigenvalue weighted by Crippen LogP contribution is -2.47. The van der Waals surface area contributed by atoms with Crippen LogP contribution in [0.1, 0.15) is 25.7 Å². The number of nitrogens with one attached hydrogen (secondary N) is 1. The molecular formula is C14H18Br2N2O2S. The largest absolute Gasteiger partial charge is 0.300 e. The molecule has 2 unspecified atom stereocenters. The summed E-state index contributed by atoms with van der Waals surface area (Å²) in [6.07, 6.45) is 4.25. The monoisotopic (exact) mass is 436 g/mol. The molecule has 1 aromatic rings. The van der Waals surface area contributed by atoms with Crippen molar-refractivity contribution in [3.05, 3.63) is 27.1 Å². The lowest BCUT2D eigenvalue weighted by Gasteiger charge is -2.35. The van der Waals surface area contributed by atoms with Crippen molar-refractivity contribution >= 4 is 41.9 Å². The van der Waals surface area contributed by atoms with Crippen molar-refractivity contribution in [3.8, 4) is 0 Å². The summed E-state index contributed by atoms with van der Waals surface area (Å²) < 4.78 is 29.4. The predicted octanol–water partition coefficient (Wildman–Crippen LogP) is 3.12. The molecule has 0 aliphatic carbocycles. The summed E-state index contributed by atoms with van der Waals surface area (Å²) in [5.74, 6) is 0. The second-order valence-electron chi connectivity index (χ2n) is 5.75. The highest BCUT2D eigenvalue weighted by Gasteiger charge is 2.33. The van der Waals surface area contributed by atoms with E-state index in [0.717, 1.165) is 23.9 Å². The Bertz CT molecular complexity index is 636. The third kappa shape index (κ3) is 3.52. The molecule has 1 N–H and O–H groups in total. The van der Waals surface area contributed by atoms with Gasteiger partial charge in [-0.1, -0.05) is 15.9 Å². The van der Waals surface area contributed by atoms with Crippen LogP contribution in [-0.4, -0.2) is 38.5 Å². The highest BCUT2D eigenvalue weighted by atomic mass is 79.9. The van der Waals surface area contributed by atoms with Gasteiger partial charge in [0.1, 0.15) is 0 Å². The maximum absolute atomic E-state index is 12.6. The maximum Gasteiger partial charge on any atom is 0.241 e. The van der Waals surface area contributed by atoms with Gasteiger partial charge in [-0.3, -0.25) is 0 Å². The first-order chi connectivity index (χ1) is 9.95. The van der Waals surface area contributed by atoms with Crippen molar-refractivity contribution in [1.29, 1.82) is 0 Å². The number of rotatable bonds is 3. The molecule has 0 saturated carbocycles. The Hall–Kier alpha value is 0.0500. The molecule has 3 rings (SSSR count). The average Bonchev–Trinajstić information content (AvgIpc) is 2.85. The van der Waals surface area contributed by atoms with Crippen LogP contribution in [0.15, 0.2) is 32.0 Å². The van der Waals surface area contributed by atoms with Crippen LogP contribution in [-0.2, 0) is 10.0 Å². The van der Waals surface area contributed by atoms with Gasteiger partial charge in [-0.15, -0.1) is 0 Å². The molecule has 2 heterocycles. The molecule has 2 saturated heterocycles. The van der Waals surface area contributed by atoms with Crippen LogP contribution < -0.4 is 4.72 Å². The SMILES string of the molecule is O=S(=O)(NC1CCN2CCCC2C1)c1ccc(Br)cc1Br. The summed E-state index contributed by atoms with van der Waals surface area (Å²) in [6.45, 7) is 2.17. The normalized spacial score (nSPS) is 26.8. The number of nitrogens with zero attached hydrogens (tertiary/aromatic N) is 1. The lowest BCUT2D eigenvalue weighted by molar-refractivity contribution is 0.176. The van der Waals surface area contributed by atoms with E-state index in [9.17, 15) is 8.42 Å². The quantitative estimate of drug-likeness (QED) is 0.790. The summed E-state index contributed by atoms with van der Waals surface area (Å²) in [6, 6.07) is 5.73. The van der Waals surface area contributed by atoms with Crippen molar-refractivity contribution < 1.29 is 8.42 Å². The molecule has 2 fully saturated rings. The molecule has 2 aliphatic heterocycles. The van der Waals surface area contributed by atoms with Crippen LogP contribution in [0.2, 0.25) is 0 Å². The predicted molar refractivity (Wildman–Crippen MR) is 89.8 cm³/mol. The van der Waals surface area contributed by atoms with E-state index in [2.05, 4.69) is 41.5 Å². The maximum atomic E-state index is 12.6. The second kappa shape index (κ2) is 6.28. The topological polar surface area (TPSA) is 49.4 Å². The summed E-state index contributed by atoms with van der Waals surface area (Å²) in [5.41, 5.74) is 0. The van der Waals surface area contributed by atoms with Gasteiger partial charge in [-0.25, -0.2) is 13.1 Å². The van der Waals surface area contributed by atoms with E-state index in [0.29, 0.717) is 15.4 Å². The van der Waals surface area contributed by atoms with Crippen LogP contribution in [0, 0.1) is 0 Å². The molecule has 0 radical (unpaired) electrons. The van der Waals surface area contributed by atoms with E-state index in [1.54, 1.807) is 18.2 Å². The number of benzene rings is 1. The summed E-state index contributed by atoms with van der Waals surface area (Å²) >= 11 is 6.68. The number of fused-ring (bicyclic) bond motifs is 1. The van der Waals surface area contributed by atoms with Gasteiger partial charge in [0.15, 0.2) is 0 Å². The molecule has 2 aliphatic rings. The zero-order valence-corrected chi connectivity index (χ0v) is 15.5. The summed E-state index contributed by atoms with van der Waals surface area (Å²) in [7, 11) is -3.47.